The zero-order valence-corrected chi connectivity index (χ0v) is 10.9. The van der Waals surface area contributed by atoms with E-state index in [2.05, 4.69) is 15.0 Å². The van der Waals surface area contributed by atoms with E-state index in [1.165, 1.54) is 0 Å². The Morgan fingerprint density at radius 1 is 1.35 bits per heavy atom. The number of hydrogen-bond donors (Lipinski definition) is 2. The molecule has 2 heterocycles. The van der Waals surface area contributed by atoms with Gasteiger partial charge in [-0.15, -0.1) is 0 Å². The molecular weight excluding hydrogens is 254 g/mol. The minimum Gasteiger partial charge on any atom is -0.392 e. The van der Waals surface area contributed by atoms with Gasteiger partial charge in [-0.3, -0.25) is 9.78 Å². The first kappa shape index (κ1) is 12.5. The highest BCUT2D eigenvalue weighted by Gasteiger charge is 2.10. The van der Waals surface area contributed by atoms with Crippen molar-refractivity contribution in [2.75, 3.05) is 0 Å². The maximum absolute atomic E-state index is 11.7. The van der Waals surface area contributed by atoms with Gasteiger partial charge in [0, 0.05) is 23.5 Å². The molecule has 5 nitrogen and oxygen atoms in total. The van der Waals surface area contributed by atoms with Crippen LogP contribution in [0.15, 0.2) is 41.5 Å². The summed E-state index contributed by atoms with van der Waals surface area (Å²) >= 11 is 0. The average molecular weight is 267 g/mol. The van der Waals surface area contributed by atoms with Gasteiger partial charge in [0.05, 0.1) is 17.6 Å². The summed E-state index contributed by atoms with van der Waals surface area (Å²) in [6, 6.07) is 7.36. The lowest BCUT2D eigenvalue weighted by Gasteiger charge is -2.09. The SMILES string of the molecule is Cc1nc2c(-c3cccnc3)cc(CO)cc2[nH]c1=O. The van der Waals surface area contributed by atoms with E-state index < -0.39 is 0 Å². The van der Waals surface area contributed by atoms with Crippen molar-refractivity contribution in [2.24, 2.45) is 0 Å². The minimum absolute atomic E-state index is 0.0981. The van der Waals surface area contributed by atoms with E-state index in [1.807, 2.05) is 18.2 Å². The Hall–Kier alpha value is -2.53. The molecule has 0 aliphatic carbocycles. The fraction of sp³-hybridized carbons (Fsp3) is 0.133. The van der Waals surface area contributed by atoms with Crippen LogP contribution in [0.4, 0.5) is 0 Å². The van der Waals surface area contributed by atoms with Crippen LogP contribution in [-0.2, 0) is 6.61 Å². The van der Waals surface area contributed by atoms with E-state index in [1.54, 1.807) is 25.4 Å². The largest absolute Gasteiger partial charge is 0.392 e. The maximum atomic E-state index is 11.7. The first-order valence-electron chi connectivity index (χ1n) is 6.24. The van der Waals surface area contributed by atoms with Gasteiger partial charge in [0.25, 0.3) is 5.56 Å². The Labute approximate surface area is 115 Å². The molecule has 0 aliphatic rings. The number of hydrogen-bond acceptors (Lipinski definition) is 4. The second-order valence-electron chi connectivity index (χ2n) is 4.59. The van der Waals surface area contributed by atoms with E-state index in [4.69, 9.17) is 0 Å². The number of pyridine rings is 1. The summed E-state index contributed by atoms with van der Waals surface area (Å²) in [6.45, 7) is 1.57. The van der Waals surface area contributed by atoms with Crippen LogP contribution in [0.2, 0.25) is 0 Å². The molecule has 0 unspecified atom stereocenters. The Morgan fingerprint density at radius 2 is 2.20 bits per heavy atom. The van der Waals surface area contributed by atoms with E-state index in [9.17, 15) is 9.90 Å². The molecule has 1 aromatic carbocycles. The number of fused-ring (bicyclic) bond motifs is 1. The van der Waals surface area contributed by atoms with Crippen LogP contribution in [0.3, 0.4) is 0 Å². The number of aryl methyl sites for hydroxylation is 1. The highest BCUT2D eigenvalue weighted by atomic mass is 16.3. The standard InChI is InChI=1S/C15H13N3O2/c1-9-15(20)18-13-6-10(8-19)5-12(14(13)17-9)11-3-2-4-16-7-11/h2-7,19H,8H2,1H3,(H,18,20). The smallest absolute Gasteiger partial charge is 0.269 e. The number of H-pyrrole nitrogens is 1. The van der Waals surface area contributed by atoms with Crippen molar-refractivity contribution in [3.63, 3.8) is 0 Å². The van der Waals surface area contributed by atoms with Crippen molar-refractivity contribution in [3.8, 4) is 11.1 Å². The summed E-state index contributed by atoms with van der Waals surface area (Å²) in [5.41, 5.74) is 3.98. The third-order valence-corrected chi connectivity index (χ3v) is 3.18. The van der Waals surface area contributed by atoms with Crippen LogP contribution in [0.5, 0.6) is 0 Å². The Balaban J connectivity index is 2.40. The monoisotopic (exact) mass is 267 g/mol. The quantitative estimate of drug-likeness (QED) is 0.742. The zero-order chi connectivity index (χ0) is 14.1. The maximum Gasteiger partial charge on any atom is 0.269 e. The first-order chi connectivity index (χ1) is 9.69. The summed E-state index contributed by atoms with van der Waals surface area (Å²) in [4.78, 5) is 23.0. The van der Waals surface area contributed by atoms with Crippen LogP contribution >= 0.6 is 0 Å². The topological polar surface area (TPSA) is 78.9 Å². The number of nitrogens with one attached hydrogen (secondary N) is 1. The fourth-order valence-electron chi connectivity index (χ4n) is 2.17. The van der Waals surface area contributed by atoms with Gasteiger partial charge in [0.2, 0.25) is 0 Å². The van der Waals surface area contributed by atoms with Gasteiger partial charge in [-0.25, -0.2) is 4.98 Å². The summed E-state index contributed by atoms with van der Waals surface area (Å²) in [6.07, 6.45) is 3.43. The van der Waals surface area contributed by atoms with Gasteiger partial charge >= 0.3 is 0 Å². The highest BCUT2D eigenvalue weighted by molar-refractivity contribution is 5.92. The van der Waals surface area contributed by atoms with Crippen LogP contribution in [-0.4, -0.2) is 20.1 Å². The van der Waals surface area contributed by atoms with Crippen molar-refractivity contribution in [1.82, 2.24) is 15.0 Å². The Bertz CT molecular complexity index is 826. The number of aliphatic hydroxyl groups is 1. The normalized spacial score (nSPS) is 10.9. The van der Waals surface area contributed by atoms with Crippen molar-refractivity contribution >= 4 is 11.0 Å². The second kappa shape index (κ2) is 4.86. The number of aromatic amines is 1. The van der Waals surface area contributed by atoms with Crippen molar-refractivity contribution < 1.29 is 5.11 Å². The van der Waals surface area contributed by atoms with Crippen LogP contribution in [0.25, 0.3) is 22.2 Å². The molecular formula is C15H13N3O2. The van der Waals surface area contributed by atoms with Crippen molar-refractivity contribution in [2.45, 2.75) is 13.5 Å². The molecule has 3 aromatic rings. The number of rotatable bonds is 2. The summed E-state index contributed by atoms with van der Waals surface area (Å²) in [7, 11) is 0. The van der Waals surface area contributed by atoms with Crippen LogP contribution in [0.1, 0.15) is 11.3 Å². The third kappa shape index (κ3) is 2.08. The van der Waals surface area contributed by atoms with Crippen molar-refractivity contribution in [1.29, 1.82) is 0 Å². The van der Waals surface area contributed by atoms with Crippen LogP contribution < -0.4 is 5.56 Å². The first-order valence-corrected chi connectivity index (χ1v) is 6.24. The molecule has 100 valence electrons. The van der Waals surface area contributed by atoms with Gasteiger partial charge in [0.15, 0.2) is 0 Å². The van der Waals surface area contributed by atoms with Crippen molar-refractivity contribution in [3.05, 3.63) is 58.3 Å². The van der Waals surface area contributed by atoms with Gasteiger partial charge in [0.1, 0.15) is 5.69 Å². The molecule has 0 atom stereocenters. The Kier molecular flexibility index (Phi) is 3.04. The summed E-state index contributed by atoms with van der Waals surface area (Å²) < 4.78 is 0. The average Bonchev–Trinajstić information content (AvgIpc) is 2.48. The highest BCUT2D eigenvalue weighted by Crippen LogP contribution is 2.27. The molecule has 20 heavy (non-hydrogen) atoms. The van der Waals surface area contributed by atoms with Gasteiger partial charge < -0.3 is 10.1 Å². The number of aromatic nitrogens is 3. The molecule has 2 N–H and O–H groups in total. The van der Waals surface area contributed by atoms with Gasteiger partial charge in [-0.05, 0) is 30.7 Å². The molecule has 0 spiro atoms. The number of aliphatic hydroxyl groups excluding tert-OH is 1. The summed E-state index contributed by atoms with van der Waals surface area (Å²) in [5.74, 6) is 0. The number of nitrogens with zero attached hydrogens (tertiary/aromatic N) is 2. The van der Waals surface area contributed by atoms with Gasteiger partial charge in [-0.1, -0.05) is 6.07 Å². The molecule has 3 rings (SSSR count). The molecule has 2 aromatic heterocycles. The lowest BCUT2D eigenvalue weighted by atomic mass is 10.0. The van der Waals surface area contributed by atoms with E-state index in [-0.39, 0.29) is 12.2 Å². The molecule has 5 heteroatoms. The van der Waals surface area contributed by atoms with Crippen LogP contribution in [0, 0.1) is 6.92 Å². The molecule has 0 radical (unpaired) electrons. The lowest BCUT2D eigenvalue weighted by molar-refractivity contribution is 0.282. The molecule has 0 saturated carbocycles. The third-order valence-electron chi connectivity index (χ3n) is 3.18. The lowest BCUT2D eigenvalue weighted by Crippen LogP contribution is -2.12. The molecule has 0 bridgehead atoms. The molecule has 0 saturated heterocycles. The molecule has 0 fully saturated rings. The predicted octanol–water partition coefficient (Wildman–Crippen LogP) is 1.79. The van der Waals surface area contributed by atoms with Gasteiger partial charge in [-0.2, -0.15) is 0 Å². The zero-order valence-electron chi connectivity index (χ0n) is 10.9. The summed E-state index contributed by atoms with van der Waals surface area (Å²) in [5, 5.41) is 9.36. The Morgan fingerprint density at radius 3 is 2.90 bits per heavy atom. The minimum atomic E-state index is -0.218. The second-order valence-corrected chi connectivity index (χ2v) is 4.59. The molecule has 0 aliphatic heterocycles. The number of benzene rings is 1. The van der Waals surface area contributed by atoms with E-state index >= 15 is 0 Å². The molecule has 0 amide bonds. The van der Waals surface area contributed by atoms with E-state index in [0.717, 1.165) is 16.7 Å². The van der Waals surface area contributed by atoms with E-state index in [0.29, 0.717) is 16.7 Å². The fourth-order valence-corrected chi connectivity index (χ4v) is 2.17. The predicted molar refractivity (Wildman–Crippen MR) is 76.3 cm³/mol.